The summed E-state index contributed by atoms with van der Waals surface area (Å²) >= 11 is 0. The van der Waals surface area contributed by atoms with Crippen LogP contribution in [0.1, 0.15) is 81.1 Å². The van der Waals surface area contributed by atoms with Gasteiger partial charge in [0.25, 0.3) is 0 Å². The third-order valence-electron chi connectivity index (χ3n) is 5.72. The fourth-order valence-corrected chi connectivity index (χ4v) is 2.06. The van der Waals surface area contributed by atoms with Gasteiger partial charge in [-0.1, -0.05) is 27.0 Å². The van der Waals surface area contributed by atoms with Crippen LogP contribution in [0.2, 0.25) is 0 Å². The van der Waals surface area contributed by atoms with Gasteiger partial charge in [0.15, 0.2) is 0 Å². The number of hydrogen-bond acceptors (Lipinski definition) is 11. The summed E-state index contributed by atoms with van der Waals surface area (Å²) in [7, 11) is 0. The zero-order valence-electron chi connectivity index (χ0n) is 25.4. The van der Waals surface area contributed by atoms with Gasteiger partial charge < -0.3 is 28.8 Å². The molecular weight excluding hydrogens is 524 g/mol. The van der Waals surface area contributed by atoms with Crippen LogP contribution in [0.3, 0.4) is 0 Å². The molecule has 0 fully saturated rings. The van der Waals surface area contributed by atoms with Gasteiger partial charge in [-0.25, -0.2) is 9.59 Å². The van der Waals surface area contributed by atoms with Crippen LogP contribution in [0, 0.1) is 10.8 Å². The molecule has 0 saturated carbocycles. The van der Waals surface area contributed by atoms with Crippen LogP contribution in [-0.4, -0.2) is 74.1 Å². The molecule has 0 rings (SSSR count). The monoisotopic (exact) mass is 572 g/mol. The van der Waals surface area contributed by atoms with E-state index in [2.05, 4.69) is 13.2 Å². The normalized spacial score (nSPS) is 11.6. The molecule has 0 aliphatic carbocycles. The number of aliphatic hydroxyl groups is 1. The fourth-order valence-electron chi connectivity index (χ4n) is 2.06. The van der Waals surface area contributed by atoms with E-state index in [4.69, 9.17) is 23.7 Å². The van der Waals surface area contributed by atoms with Gasteiger partial charge in [0.2, 0.25) is 0 Å². The van der Waals surface area contributed by atoms with Crippen molar-refractivity contribution in [1.82, 2.24) is 0 Å². The summed E-state index contributed by atoms with van der Waals surface area (Å²) in [5.74, 6) is -2.15. The molecule has 1 atom stereocenters. The number of aliphatic hydroxyl groups excluding tert-OH is 1. The quantitative estimate of drug-likeness (QED) is 0.117. The zero-order valence-corrected chi connectivity index (χ0v) is 25.4. The molecule has 0 aromatic heterocycles. The Hall–Kier alpha value is -3.21. The van der Waals surface area contributed by atoms with Gasteiger partial charge in [-0.3, -0.25) is 14.4 Å². The minimum Gasteiger partial charge on any atom is -0.462 e. The highest BCUT2D eigenvalue weighted by Crippen LogP contribution is 2.22. The van der Waals surface area contributed by atoms with Gasteiger partial charge >= 0.3 is 29.8 Å². The highest BCUT2D eigenvalue weighted by atomic mass is 16.6. The lowest BCUT2D eigenvalue weighted by atomic mass is 9.91. The van der Waals surface area contributed by atoms with Gasteiger partial charge in [0.1, 0.15) is 32.5 Å². The second-order valence-corrected chi connectivity index (χ2v) is 10.5. The molecule has 11 nitrogen and oxygen atoms in total. The summed E-state index contributed by atoms with van der Waals surface area (Å²) < 4.78 is 24.5. The molecule has 1 N–H and O–H groups in total. The number of ether oxygens (including phenoxy) is 5. The lowest BCUT2D eigenvalue weighted by Crippen LogP contribution is -2.31. The van der Waals surface area contributed by atoms with E-state index in [-0.39, 0.29) is 57.0 Å². The van der Waals surface area contributed by atoms with Crippen molar-refractivity contribution >= 4 is 29.8 Å². The molecule has 0 aliphatic heterocycles. The molecule has 1 unspecified atom stereocenters. The second-order valence-electron chi connectivity index (χ2n) is 10.5. The van der Waals surface area contributed by atoms with Crippen molar-refractivity contribution in [2.45, 2.75) is 87.2 Å². The smallest absolute Gasteiger partial charge is 0.333 e. The molecule has 0 radical (unpaired) electrons. The largest absolute Gasteiger partial charge is 0.462 e. The van der Waals surface area contributed by atoms with E-state index in [0.29, 0.717) is 24.8 Å². The van der Waals surface area contributed by atoms with E-state index in [0.717, 1.165) is 0 Å². The zero-order chi connectivity index (χ0) is 31.5. The summed E-state index contributed by atoms with van der Waals surface area (Å²) in [6, 6.07) is 0. The molecule has 0 bridgehead atoms. The Balaban J connectivity index is 0. The Morgan fingerprint density at radius 2 is 1.10 bits per heavy atom. The summed E-state index contributed by atoms with van der Waals surface area (Å²) in [6.07, 6.45) is 0.810. The first kappa shape index (κ1) is 38.9. The maximum atomic E-state index is 11.7. The van der Waals surface area contributed by atoms with Crippen LogP contribution in [0.25, 0.3) is 0 Å². The van der Waals surface area contributed by atoms with Crippen LogP contribution in [0.15, 0.2) is 24.3 Å². The minimum absolute atomic E-state index is 0.0237. The van der Waals surface area contributed by atoms with Gasteiger partial charge in [-0.2, -0.15) is 0 Å². The molecule has 0 aliphatic rings. The van der Waals surface area contributed by atoms with E-state index in [1.165, 1.54) is 6.92 Å². The van der Waals surface area contributed by atoms with Gasteiger partial charge in [0, 0.05) is 17.6 Å². The van der Waals surface area contributed by atoms with Crippen molar-refractivity contribution in [3.05, 3.63) is 24.3 Å². The first-order valence-corrected chi connectivity index (χ1v) is 13.2. The number of rotatable bonds is 17. The minimum atomic E-state index is -1.02. The summed E-state index contributed by atoms with van der Waals surface area (Å²) in [4.78, 5) is 56.8. The van der Waals surface area contributed by atoms with Crippen LogP contribution in [0.4, 0.5) is 0 Å². The molecule has 11 heteroatoms. The highest BCUT2D eigenvalue weighted by molar-refractivity contribution is 5.87. The van der Waals surface area contributed by atoms with Crippen molar-refractivity contribution in [2.24, 2.45) is 10.8 Å². The molecule has 0 aromatic carbocycles. The maximum Gasteiger partial charge on any atom is 0.333 e. The highest BCUT2D eigenvalue weighted by Gasteiger charge is 2.28. The Bertz CT molecular complexity index is 871. The van der Waals surface area contributed by atoms with E-state index in [9.17, 15) is 29.1 Å². The molecule has 0 saturated heterocycles. The van der Waals surface area contributed by atoms with E-state index in [1.54, 1.807) is 34.6 Å². The number of carbonyl (C=O) groups excluding carboxylic acids is 5. The SMILES string of the molecule is C=C(C)C(=O)OCC(O)COC(=O)C(C)(C)CC.C=C(C)C(=O)OCCCC(=O)OCCOC(=O)C(C)(C)CC. The lowest BCUT2D eigenvalue weighted by Gasteiger charge is -2.21. The average Bonchev–Trinajstić information content (AvgIpc) is 2.90. The third-order valence-corrected chi connectivity index (χ3v) is 5.72. The Morgan fingerprint density at radius 3 is 1.57 bits per heavy atom. The topological polar surface area (TPSA) is 152 Å². The average molecular weight is 573 g/mol. The van der Waals surface area contributed by atoms with Crippen LogP contribution < -0.4 is 0 Å². The first-order valence-electron chi connectivity index (χ1n) is 13.2. The van der Waals surface area contributed by atoms with E-state index >= 15 is 0 Å². The summed E-state index contributed by atoms with van der Waals surface area (Å²) in [5.41, 5.74) is -0.531. The molecular formula is C29H48O11. The van der Waals surface area contributed by atoms with E-state index in [1.807, 2.05) is 13.8 Å². The summed E-state index contributed by atoms with van der Waals surface area (Å²) in [6.45, 7) is 20.6. The molecule has 0 aromatic rings. The van der Waals surface area contributed by atoms with Crippen molar-refractivity contribution < 1.29 is 52.8 Å². The molecule has 0 spiro atoms. The molecule has 230 valence electrons. The second kappa shape index (κ2) is 19.8. The lowest BCUT2D eigenvalue weighted by molar-refractivity contribution is -0.159. The predicted molar refractivity (Wildman–Crippen MR) is 148 cm³/mol. The van der Waals surface area contributed by atoms with Crippen LogP contribution in [0.5, 0.6) is 0 Å². The van der Waals surface area contributed by atoms with Crippen molar-refractivity contribution in [3.63, 3.8) is 0 Å². The molecule has 0 heterocycles. The maximum absolute atomic E-state index is 11.7. The van der Waals surface area contributed by atoms with Crippen LogP contribution >= 0.6 is 0 Å². The first-order chi connectivity index (χ1) is 18.4. The third kappa shape index (κ3) is 18.1. The summed E-state index contributed by atoms with van der Waals surface area (Å²) in [5, 5.41) is 9.48. The van der Waals surface area contributed by atoms with Crippen molar-refractivity contribution in [1.29, 1.82) is 0 Å². The van der Waals surface area contributed by atoms with Crippen molar-refractivity contribution in [3.8, 4) is 0 Å². The Kier molecular flexibility index (Phi) is 19.3. The Morgan fingerprint density at radius 1 is 0.675 bits per heavy atom. The number of esters is 5. The van der Waals surface area contributed by atoms with E-state index < -0.39 is 34.8 Å². The molecule has 0 amide bonds. The number of hydrogen-bond donors (Lipinski definition) is 1. The fraction of sp³-hybridized carbons (Fsp3) is 0.690. The molecule has 40 heavy (non-hydrogen) atoms. The van der Waals surface area contributed by atoms with Crippen molar-refractivity contribution in [2.75, 3.05) is 33.0 Å². The Labute approximate surface area is 238 Å². The van der Waals surface area contributed by atoms with Gasteiger partial charge in [0.05, 0.1) is 17.4 Å². The number of carbonyl (C=O) groups is 5. The van der Waals surface area contributed by atoms with Crippen LogP contribution in [-0.2, 0) is 47.7 Å². The predicted octanol–water partition coefficient (Wildman–Crippen LogP) is 3.85. The standard InChI is InChI=1S/C16H26O6.C13H22O5/c1-6-16(4,5)15(19)22-11-10-20-13(17)8-7-9-21-14(18)12(2)3;1-6-13(4,5)12(16)18-8-10(14)7-17-11(15)9(2)3/h2,6-11H2,1,3-5H3;10,14H,2,6-8H2,1,3-5H3. The van der Waals surface area contributed by atoms with Gasteiger partial charge in [-0.05, 0) is 60.8 Å². The van der Waals surface area contributed by atoms with Gasteiger partial charge in [-0.15, -0.1) is 0 Å².